The Morgan fingerprint density at radius 3 is 1.74 bits per heavy atom. The molecule has 1 heterocycles. The molecule has 0 aromatic rings. The number of carbonyl (C=O) groups excluding carboxylic acids is 1. The summed E-state index contributed by atoms with van der Waals surface area (Å²) in [6.07, 6.45) is 0. The summed E-state index contributed by atoms with van der Waals surface area (Å²) in [5, 5.41) is 8.73. The fraction of sp³-hybridized carbons (Fsp3) is 0.889. The number of hydrogen-bond acceptors (Lipinski definition) is 6. The maximum atomic E-state index is 10.5. The number of rotatable bonds is 5. The second-order valence-corrected chi connectivity index (χ2v) is 5.67. The Balaban J connectivity index is 0.000000711. The number of aliphatic hydroxyl groups is 1. The molecule has 0 bridgehead atoms. The molecule has 0 atom stereocenters. The molecule has 0 aliphatic carbocycles. The van der Waals surface area contributed by atoms with Gasteiger partial charge in [0.05, 0.1) is 12.4 Å². The molecule has 0 unspecified atom stereocenters. The van der Waals surface area contributed by atoms with Crippen LogP contribution in [0.25, 0.3) is 0 Å². The zero-order valence-electron chi connectivity index (χ0n) is 10.7. The Bertz CT molecular complexity index is 350. The van der Waals surface area contributed by atoms with Crippen LogP contribution in [0.15, 0.2) is 0 Å². The summed E-state index contributed by atoms with van der Waals surface area (Å²) in [7, 11) is -3.84. The van der Waals surface area contributed by atoms with Crippen molar-refractivity contribution in [3.05, 3.63) is 0 Å². The molecule has 0 radical (unpaired) electrons. The van der Waals surface area contributed by atoms with Crippen LogP contribution in [0.3, 0.4) is 0 Å². The topological polar surface area (TPSA) is 150 Å². The highest BCUT2D eigenvalue weighted by Gasteiger charge is 2.17. The van der Waals surface area contributed by atoms with Gasteiger partial charge in [-0.1, -0.05) is 0 Å². The van der Waals surface area contributed by atoms with Gasteiger partial charge in [-0.2, -0.15) is 8.42 Å². The van der Waals surface area contributed by atoms with E-state index in [0.717, 1.165) is 26.2 Å². The number of urea groups is 1. The third-order valence-electron chi connectivity index (χ3n) is 2.55. The molecule has 0 aromatic heterocycles. The van der Waals surface area contributed by atoms with Gasteiger partial charge in [0.1, 0.15) is 0 Å². The number of primary amides is 2. The first kappa shape index (κ1) is 18.1. The predicted octanol–water partition coefficient (Wildman–Crippen LogP) is -2.49. The van der Waals surface area contributed by atoms with E-state index in [2.05, 4.69) is 16.4 Å². The maximum Gasteiger partial charge on any atom is 0.309 e. The minimum atomic E-state index is -3.84. The van der Waals surface area contributed by atoms with E-state index in [0.29, 0.717) is 13.1 Å². The Morgan fingerprint density at radius 2 is 1.42 bits per heavy atom. The van der Waals surface area contributed by atoms with E-state index in [1.165, 1.54) is 0 Å². The van der Waals surface area contributed by atoms with Crippen LogP contribution in [0, 0.1) is 0 Å². The van der Waals surface area contributed by atoms with Crippen molar-refractivity contribution < 1.29 is 22.9 Å². The molecule has 10 heteroatoms. The van der Waals surface area contributed by atoms with Gasteiger partial charge in [-0.15, -0.1) is 0 Å². The fourth-order valence-corrected chi connectivity index (χ4v) is 2.11. The van der Waals surface area contributed by atoms with Gasteiger partial charge in [-0.3, -0.25) is 14.4 Å². The second kappa shape index (κ2) is 9.04. The number of β-amino-alcohol motifs (C(OH)–C–C–N with tert-alkyl or cyclic N) is 1. The van der Waals surface area contributed by atoms with E-state index in [4.69, 9.17) is 14.5 Å². The van der Waals surface area contributed by atoms with E-state index >= 15 is 0 Å². The van der Waals surface area contributed by atoms with Crippen molar-refractivity contribution in [1.29, 1.82) is 0 Å². The maximum absolute atomic E-state index is 10.5. The number of hydrogen-bond donors (Lipinski definition) is 4. The largest absolute Gasteiger partial charge is 0.395 e. The number of nitrogens with zero attached hydrogens (tertiary/aromatic N) is 2. The van der Waals surface area contributed by atoms with E-state index in [1.807, 2.05) is 4.90 Å². The number of nitrogens with two attached hydrogens (primary N) is 2. The zero-order valence-corrected chi connectivity index (χ0v) is 11.5. The summed E-state index contributed by atoms with van der Waals surface area (Å²) in [4.78, 5) is 13.1. The first-order chi connectivity index (χ1) is 8.74. The van der Waals surface area contributed by atoms with Crippen LogP contribution in [0.4, 0.5) is 4.79 Å². The van der Waals surface area contributed by atoms with Gasteiger partial charge in [0.25, 0.3) is 10.1 Å². The zero-order chi connectivity index (χ0) is 14.9. The van der Waals surface area contributed by atoms with E-state index in [1.54, 1.807) is 0 Å². The molecule has 1 saturated heterocycles. The Hall–Kier alpha value is -0.940. The van der Waals surface area contributed by atoms with Crippen molar-refractivity contribution in [1.82, 2.24) is 9.80 Å². The molecule has 114 valence electrons. The highest BCUT2D eigenvalue weighted by molar-refractivity contribution is 7.85. The lowest BCUT2D eigenvalue weighted by Crippen LogP contribution is -2.48. The van der Waals surface area contributed by atoms with E-state index < -0.39 is 16.1 Å². The predicted molar refractivity (Wildman–Crippen MR) is 70.2 cm³/mol. The Morgan fingerprint density at radius 1 is 1.05 bits per heavy atom. The minimum absolute atomic E-state index is 0.158. The quantitative estimate of drug-likeness (QED) is 0.410. The normalized spacial score (nSPS) is 17.6. The molecule has 1 aliphatic heterocycles. The second-order valence-electron chi connectivity index (χ2n) is 4.10. The lowest BCUT2D eigenvalue weighted by molar-refractivity contribution is 0.116. The third-order valence-corrected chi connectivity index (χ3v) is 3.25. The lowest BCUT2D eigenvalue weighted by atomic mass is 10.3. The van der Waals surface area contributed by atoms with Crippen LogP contribution in [-0.4, -0.2) is 85.5 Å². The summed E-state index contributed by atoms with van der Waals surface area (Å²) in [5.74, 6) is -0.201. The summed E-state index contributed by atoms with van der Waals surface area (Å²) < 4.78 is 29.6. The molecule has 2 amide bonds. The summed E-state index contributed by atoms with van der Waals surface area (Å²) in [6, 6.07) is -0.833. The summed E-state index contributed by atoms with van der Waals surface area (Å²) in [6.45, 7) is 4.46. The van der Waals surface area contributed by atoms with Gasteiger partial charge in [0.2, 0.25) is 0 Å². The number of amides is 2. The van der Waals surface area contributed by atoms with Crippen molar-refractivity contribution in [2.24, 2.45) is 11.5 Å². The van der Waals surface area contributed by atoms with Gasteiger partial charge in [0.15, 0.2) is 0 Å². The summed E-state index contributed by atoms with van der Waals surface area (Å²) in [5.41, 5.74) is 8.50. The average Bonchev–Trinajstić information content (AvgIpc) is 2.27. The fourth-order valence-electron chi connectivity index (χ4n) is 1.62. The van der Waals surface area contributed by atoms with Crippen molar-refractivity contribution >= 4 is 16.1 Å². The third kappa shape index (κ3) is 11.9. The first-order valence-electron chi connectivity index (χ1n) is 5.80. The lowest BCUT2D eigenvalue weighted by Gasteiger charge is -2.33. The molecular formula is C9H22N4O5S. The number of aliphatic hydroxyl groups excluding tert-OH is 1. The summed E-state index contributed by atoms with van der Waals surface area (Å²) >= 11 is 0. The monoisotopic (exact) mass is 298 g/mol. The van der Waals surface area contributed by atoms with Crippen LogP contribution in [0.1, 0.15) is 0 Å². The number of carbonyl (C=O) groups is 1. The van der Waals surface area contributed by atoms with Gasteiger partial charge in [-0.05, 0) is 0 Å². The molecule has 9 nitrogen and oxygen atoms in total. The molecular weight excluding hydrogens is 276 g/mol. The standard InChI is InChI=1S/C8H18N2O4S.CH4N2O/c11-7-5-9-1-3-10(4-2-9)6-8-15(12,13)14;2-1(3)4/h11H,1-8H2,(H,12,13,14);(H4,2,3,4). The number of piperazine rings is 1. The van der Waals surface area contributed by atoms with Gasteiger partial charge in [0, 0.05) is 39.3 Å². The van der Waals surface area contributed by atoms with Gasteiger partial charge < -0.3 is 16.6 Å². The molecule has 1 fully saturated rings. The molecule has 1 aliphatic rings. The highest BCUT2D eigenvalue weighted by atomic mass is 32.2. The van der Waals surface area contributed by atoms with Crippen LogP contribution in [0.2, 0.25) is 0 Å². The van der Waals surface area contributed by atoms with Crippen molar-refractivity contribution in [3.8, 4) is 0 Å². The minimum Gasteiger partial charge on any atom is -0.395 e. The Labute approximate surface area is 112 Å². The van der Waals surface area contributed by atoms with E-state index in [9.17, 15) is 8.42 Å². The SMILES string of the molecule is NC(N)=O.O=S(=O)(O)CCN1CCN(CCO)CC1. The molecule has 0 saturated carbocycles. The van der Waals surface area contributed by atoms with Crippen LogP contribution >= 0.6 is 0 Å². The molecule has 0 spiro atoms. The molecule has 0 aromatic carbocycles. The van der Waals surface area contributed by atoms with Crippen LogP contribution in [-0.2, 0) is 10.1 Å². The molecule has 19 heavy (non-hydrogen) atoms. The molecule has 1 rings (SSSR count). The molecule has 6 N–H and O–H groups in total. The van der Waals surface area contributed by atoms with Crippen molar-refractivity contribution in [3.63, 3.8) is 0 Å². The van der Waals surface area contributed by atoms with E-state index in [-0.39, 0.29) is 12.4 Å². The highest BCUT2D eigenvalue weighted by Crippen LogP contribution is 2.01. The van der Waals surface area contributed by atoms with Gasteiger partial charge >= 0.3 is 6.03 Å². The van der Waals surface area contributed by atoms with Crippen molar-refractivity contribution in [2.45, 2.75) is 0 Å². The Kier molecular flexibility index (Phi) is 8.59. The first-order valence-corrected chi connectivity index (χ1v) is 7.41. The smallest absolute Gasteiger partial charge is 0.309 e. The average molecular weight is 298 g/mol. The van der Waals surface area contributed by atoms with Crippen molar-refractivity contribution in [2.75, 3.05) is 51.6 Å². The van der Waals surface area contributed by atoms with Gasteiger partial charge in [-0.25, -0.2) is 4.79 Å². The van der Waals surface area contributed by atoms with Crippen LogP contribution < -0.4 is 11.5 Å². The van der Waals surface area contributed by atoms with Crippen LogP contribution in [0.5, 0.6) is 0 Å².